The lowest BCUT2D eigenvalue weighted by atomic mass is 10.0. The van der Waals surface area contributed by atoms with Crippen LogP contribution in [-0.2, 0) is 14.8 Å². The molecule has 1 aliphatic rings. The highest BCUT2D eigenvalue weighted by Gasteiger charge is 2.25. The van der Waals surface area contributed by atoms with Gasteiger partial charge in [-0.15, -0.1) is 20.4 Å². The Morgan fingerprint density at radius 3 is 2.31 bits per heavy atom. The van der Waals surface area contributed by atoms with Gasteiger partial charge in [0, 0.05) is 34.4 Å². The van der Waals surface area contributed by atoms with Crippen LogP contribution in [0.15, 0.2) is 82.8 Å². The van der Waals surface area contributed by atoms with Crippen LogP contribution in [0.25, 0.3) is 33.3 Å². The molecule has 1 aliphatic carbocycles. The number of benzene rings is 3. The van der Waals surface area contributed by atoms with Crippen LogP contribution < -0.4 is 10.0 Å². The number of hydrogen-bond acceptors (Lipinski definition) is 9. The molecule has 39 heavy (non-hydrogen) atoms. The number of anilines is 2. The zero-order chi connectivity index (χ0) is 27.0. The first kappa shape index (κ1) is 25.2. The van der Waals surface area contributed by atoms with Gasteiger partial charge < -0.3 is 5.32 Å². The van der Waals surface area contributed by atoms with E-state index >= 15 is 0 Å². The number of amides is 1. The van der Waals surface area contributed by atoms with E-state index in [1.54, 1.807) is 0 Å². The average Bonchev–Trinajstić information content (AvgIpc) is 3.25. The average molecular weight is 576 g/mol. The Hall–Kier alpha value is -4.13. The van der Waals surface area contributed by atoms with Crippen LogP contribution in [0.3, 0.4) is 0 Å². The molecule has 0 atom stereocenters. The van der Waals surface area contributed by atoms with E-state index in [9.17, 15) is 13.2 Å². The maximum atomic E-state index is 12.6. The molecule has 0 saturated heterocycles. The fourth-order valence-electron chi connectivity index (χ4n) is 4.22. The van der Waals surface area contributed by atoms with Crippen molar-refractivity contribution in [2.75, 3.05) is 15.8 Å². The van der Waals surface area contributed by atoms with Gasteiger partial charge in [-0.2, -0.15) is 0 Å². The second-order valence-corrected chi connectivity index (χ2v) is 11.7. The van der Waals surface area contributed by atoms with Gasteiger partial charge in [-0.1, -0.05) is 59.8 Å². The largest absolute Gasteiger partial charge is 0.326 e. The number of sulfonamides is 1. The summed E-state index contributed by atoms with van der Waals surface area (Å²) in [7, 11) is -3.88. The van der Waals surface area contributed by atoms with Gasteiger partial charge in [-0.05, 0) is 41.8 Å². The first-order chi connectivity index (χ1) is 18.9. The lowest BCUT2D eigenvalue weighted by Gasteiger charge is -2.09. The maximum absolute atomic E-state index is 12.6. The topological polar surface area (TPSA) is 140 Å². The lowest BCUT2D eigenvalue weighted by molar-refractivity contribution is -0.115. The molecule has 0 fully saturated rings. The minimum atomic E-state index is -3.88. The van der Waals surface area contributed by atoms with E-state index in [1.807, 2.05) is 24.3 Å². The highest BCUT2D eigenvalue weighted by atomic mass is 35.5. The summed E-state index contributed by atoms with van der Waals surface area (Å²) in [5, 5.41) is 21.7. The van der Waals surface area contributed by atoms with Gasteiger partial charge >= 0.3 is 0 Å². The van der Waals surface area contributed by atoms with E-state index < -0.39 is 10.0 Å². The summed E-state index contributed by atoms with van der Waals surface area (Å²) >= 11 is 7.02. The molecule has 1 amide bonds. The Morgan fingerprint density at radius 2 is 1.59 bits per heavy atom. The predicted molar refractivity (Wildman–Crippen MR) is 150 cm³/mol. The Bertz CT molecular complexity index is 1830. The number of carbonyl (C=O) groups excluding carboxylic acids is 1. The summed E-state index contributed by atoms with van der Waals surface area (Å²) in [6.07, 6.45) is 0.206. The predicted octanol–water partition coefficient (Wildman–Crippen LogP) is 5.04. The second kappa shape index (κ2) is 10.2. The molecule has 13 heteroatoms. The minimum Gasteiger partial charge on any atom is -0.326 e. The molecular weight excluding hydrogens is 558 g/mol. The van der Waals surface area contributed by atoms with Crippen molar-refractivity contribution in [1.29, 1.82) is 0 Å². The molecule has 0 saturated carbocycles. The summed E-state index contributed by atoms with van der Waals surface area (Å²) < 4.78 is 27.5. The number of nitrogens with one attached hydrogen (secondary N) is 2. The third-order valence-electron chi connectivity index (χ3n) is 5.96. The van der Waals surface area contributed by atoms with Gasteiger partial charge in [0.2, 0.25) is 11.1 Å². The van der Waals surface area contributed by atoms with Crippen LogP contribution >= 0.6 is 23.4 Å². The molecule has 194 valence electrons. The third-order valence-corrected chi connectivity index (χ3v) is 8.37. The highest BCUT2D eigenvalue weighted by Crippen LogP contribution is 2.44. The number of halogens is 1. The van der Waals surface area contributed by atoms with E-state index in [0.717, 1.165) is 33.3 Å². The van der Waals surface area contributed by atoms with Gasteiger partial charge in [-0.25, -0.2) is 13.4 Å². The van der Waals surface area contributed by atoms with Crippen LogP contribution in [0.4, 0.5) is 11.5 Å². The molecule has 2 N–H and O–H groups in total. The SMILES string of the molecule is O=C(CCSc1nnc2c(n1)-c1cccc3cccc-2c13)Nc1ccc(S(=O)(=O)Nc2ccc(Cl)nn2)cc1. The van der Waals surface area contributed by atoms with Gasteiger partial charge in [0.25, 0.3) is 10.0 Å². The number of carbonyl (C=O) groups is 1. The second-order valence-electron chi connectivity index (χ2n) is 8.52. The first-order valence-electron chi connectivity index (χ1n) is 11.7. The Balaban J connectivity index is 1.05. The van der Waals surface area contributed by atoms with Crippen molar-refractivity contribution >= 4 is 61.6 Å². The monoisotopic (exact) mass is 575 g/mol. The fraction of sp³-hybridized carbons (Fsp3) is 0.0769. The van der Waals surface area contributed by atoms with E-state index in [4.69, 9.17) is 16.6 Å². The minimum absolute atomic E-state index is 0.00639. The third kappa shape index (κ3) is 5.13. The Labute approximate surface area is 232 Å². The molecule has 0 spiro atoms. The zero-order valence-corrected chi connectivity index (χ0v) is 22.4. The number of hydrogen-bond donors (Lipinski definition) is 2. The number of nitrogens with zero attached hydrogens (tertiary/aromatic N) is 5. The maximum Gasteiger partial charge on any atom is 0.263 e. The van der Waals surface area contributed by atoms with Crippen molar-refractivity contribution in [3.8, 4) is 22.5 Å². The Kier molecular flexibility index (Phi) is 6.59. The van der Waals surface area contributed by atoms with Gasteiger partial charge in [0.1, 0.15) is 11.4 Å². The first-order valence-corrected chi connectivity index (χ1v) is 14.5. The number of thioether (sulfide) groups is 1. The number of rotatable bonds is 8. The Morgan fingerprint density at radius 1 is 0.846 bits per heavy atom. The lowest BCUT2D eigenvalue weighted by Crippen LogP contribution is -2.15. The van der Waals surface area contributed by atoms with Crippen LogP contribution in [0.2, 0.25) is 5.15 Å². The molecular formula is C26H18ClN7O3S2. The van der Waals surface area contributed by atoms with Crippen molar-refractivity contribution in [3.63, 3.8) is 0 Å². The van der Waals surface area contributed by atoms with E-state index in [1.165, 1.54) is 48.2 Å². The van der Waals surface area contributed by atoms with Crippen LogP contribution in [0.1, 0.15) is 6.42 Å². The molecule has 10 nitrogen and oxygen atoms in total. The summed E-state index contributed by atoms with van der Waals surface area (Å²) in [6.45, 7) is 0. The molecule has 0 unspecified atom stereocenters. The summed E-state index contributed by atoms with van der Waals surface area (Å²) in [5.41, 5.74) is 4.11. The van der Waals surface area contributed by atoms with E-state index in [2.05, 4.69) is 42.6 Å². The molecule has 3 aromatic carbocycles. The van der Waals surface area contributed by atoms with Gasteiger partial charge in [0.15, 0.2) is 11.0 Å². The standard InChI is InChI=1S/C26H18ClN7O3S2/c27-20-11-12-21(31-30-20)34-39(36,37)17-9-7-16(8-10-17)28-22(35)13-14-38-26-29-24-18-5-1-3-15-4-2-6-19(23(15)18)25(24)32-33-26/h1-12H,13-14H2,(H,28,35)(H,31,34). The fourth-order valence-corrected chi connectivity index (χ4v) is 6.04. The van der Waals surface area contributed by atoms with Crippen molar-refractivity contribution in [2.24, 2.45) is 0 Å². The van der Waals surface area contributed by atoms with Crippen molar-refractivity contribution in [1.82, 2.24) is 25.4 Å². The molecule has 0 radical (unpaired) electrons. The van der Waals surface area contributed by atoms with Gasteiger partial charge in [-0.3, -0.25) is 9.52 Å². The van der Waals surface area contributed by atoms with Crippen molar-refractivity contribution < 1.29 is 13.2 Å². The molecule has 2 heterocycles. The molecule has 0 bridgehead atoms. The summed E-state index contributed by atoms with van der Waals surface area (Å²) in [5.74, 6) is 0.263. The van der Waals surface area contributed by atoms with Crippen LogP contribution in [-0.4, -0.2) is 45.5 Å². The van der Waals surface area contributed by atoms with E-state index in [0.29, 0.717) is 16.6 Å². The van der Waals surface area contributed by atoms with Gasteiger partial charge in [0.05, 0.1) is 4.90 Å². The van der Waals surface area contributed by atoms with Crippen LogP contribution in [0, 0.1) is 0 Å². The molecule has 5 aromatic rings. The van der Waals surface area contributed by atoms with Crippen LogP contribution in [0.5, 0.6) is 0 Å². The van der Waals surface area contributed by atoms with E-state index in [-0.39, 0.29) is 28.2 Å². The molecule has 2 aromatic heterocycles. The summed E-state index contributed by atoms with van der Waals surface area (Å²) in [4.78, 5) is 17.2. The quantitative estimate of drug-likeness (QED) is 0.239. The van der Waals surface area contributed by atoms with Crippen molar-refractivity contribution in [3.05, 3.63) is 77.9 Å². The number of fused-ring (bicyclic) bond motifs is 3. The molecule has 6 rings (SSSR count). The zero-order valence-electron chi connectivity index (χ0n) is 20.0. The number of aromatic nitrogens is 5. The normalized spacial score (nSPS) is 11.8. The highest BCUT2D eigenvalue weighted by molar-refractivity contribution is 7.99. The van der Waals surface area contributed by atoms with Crippen molar-refractivity contribution in [2.45, 2.75) is 16.5 Å². The molecule has 0 aliphatic heterocycles. The summed E-state index contributed by atoms with van der Waals surface area (Å²) in [6, 6.07) is 20.8. The smallest absolute Gasteiger partial charge is 0.263 e.